The summed E-state index contributed by atoms with van der Waals surface area (Å²) in [5.41, 5.74) is 0.771. The lowest BCUT2D eigenvalue weighted by Gasteiger charge is -2.29. The third kappa shape index (κ3) is 7.51. The summed E-state index contributed by atoms with van der Waals surface area (Å²) in [6.07, 6.45) is 1.42. The number of likely N-dealkylation sites (tertiary alicyclic amines) is 1. The number of carbonyl (C=O) groups is 1. The second-order valence-electron chi connectivity index (χ2n) is 9.23. The fourth-order valence-electron chi connectivity index (χ4n) is 4.16. The van der Waals surface area contributed by atoms with Crippen molar-refractivity contribution in [3.05, 3.63) is 65.5 Å². The predicted molar refractivity (Wildman–Crippen MR) is 148 cm³/mol. The largest absolute Gasteiger partial charge is 0.421 e. The standard InChI is InChI=1S/C26H31F3N8OS/c1-36-13-10-20(11-14-36)33-24(38)17-6-8-19(9-7-17)34-25-32-16-21(26(27,28)29)22(35-25)31-15-18-5-4-12-30-23(18)37(2)39-3/h4-9,12,16,20H,10-11,13-15H2,1-3H3,(H,33,38)(H2,31,32,34,35). The number of piperidine rings is 1. The molecule has 0 atom stereocenters. The second kappa shape index (κ2) is 12.5. The van der Waals surface area contributed by atoms with E-state index in [2.05, 4.69) is 42.8 Å². The summed E-state index contributed by atoms with van der Waals surface area (Å²) in [5, 5.41) is 8.79. The Bertz CT molecular complexity index is 1270. The van der Waals surface area contributed by atoms with Crippen LogP contribution < -0.4 is 20.3 Å². The molecule has 208 valence electrons. The van der Waals surface area contributed by atoms with Crippen molar-refractivity contribution in [3.63, 3.8) is 0 Å². The SMILES string of the molecule is CSN(C)c1ncccc1CNc1nc(Nc2ccc(C(=O)NC3CCN(C)CC3)cc2)ncc1C(F)(F)F. The highest BCUT2D eigenvalue weighted by molar-refractivity contribution is 7.99. The number of hydrogen-bond donors (Lipinski definition) is 3. The Morgan fingerprint density at radius 2 is 1.87 bits per heavy atom. The van der Waals surface area contributed by atoms with Gasteiger partial charge in [0.25, 0.3) is 5.91 Å². The summed E-state index contributed by atoms with van der Waals surface area (Å²) in [5.74, 6) is 0.117. The summed E-state index contributed by atoms with van der Waals surface area (Å²) in [4.78, 5) is 27.2. The van der Waals surface area contributed by atoms with Crippen LogP contribution >= 0.6 is 11.9 Å². The molecule has 3 heterocycles. The summed E-state index contributed by atoms with van der Waals surface area (Å²) in [7, 11) is 3.89. The molecule has 0 bridgehead atoms. The molecule has 0 saturated carbocycles. The zero-order chi connectivity index (χ0) is 28.0. The maximum Gasteiger partial charge on any atom is 0.421 e. The van der Waals surface area contributed by atoms with Crippen LogP contribution in [0.15, 0.2) is 48.8 Å². The van der Waals surface area contributed by atoms with Gasteiger partial charge in [-0.05, 0) is 63.3 Å². The molecule has 0 unspecified atom stereocenters. The van der Waals surface area contributed by atoms with E-state index in [9.17, 15) is 18.0 Å². The Hall–Kier alpha value is -3.58. The van der Waals surface area contributed by atoms with E-state index in [1.165, 1.54) is 11.9 Å². The molecular formula is C26H31F3N8OS. The van der Waals surface area contributed by atoms with E-state index in [0.717, 1.165) is 32.1 Å². The van der Waals surface area contributed by atoms with Crippen LogP contribution in [-0.2, 0) is 12.7 Å². The first kappa shape index (κ1) is 28.4. The van der Waals surface area contributed by atoms with Crippen LogP contribution in [0.2, 0.25) is 0 Å². The van der Waals surface area contributed by atoms with E-state index < -0.39 is 11.7 Å². The van der Waals surface area contributed by atoms with E-state index in [-0.39, 0.29) is 30.3 Å². The number of anilines is 4. The van der Waals surface area contributed by atoms with Gasteiger partial charge in [-0.15, -0.1) is 0 Å². The van der Waals surface area contributed by atoms with E-state index >= 15 is 0 Å². The van der Waals surface area contributed by atoms with Crippen LogP contribution in [0, 0.1) is 0 Å². The third-order valence-corrected chi connectivity index (χ3v) is 7.16. The Kier molecular flexibility index (Phi) is 9.12. The third-order valence-electron chi connectivity index (χ3n) is 6.44. The van der Waals surface area contributed by atoms with Crippen molar-refractivity contribution in [1.82, 2.24) is 25.2 Å². The molecule has 1 aliphatic rings. The van der Waals surface area contributed by atoms with Crippen molar-refractivity contribution in [1.29, 1.82) is 0 Å². The van der Waals surface area contributed by atoms with Crippen LogP contribution in [0.4, 0.5) is 36.4 Å². The lowest BCUT2D eigenvalue weighted by Crippen LogP contribution is -2.43. The first-order valence-corrected chi connectivity index (χ1v) is 13.6. The monoisotopic (exact) mass is 560 g/mol. The highest BCUT2D eigenvalue weighted by Crippen LogP contribution is 2.34. The van der Waals surface area contributed by atoms with Gasteiger partial charge in [-0.2, -0.15) is 18.2 Å². The maximum absolute atomic E-state index is 13.7. The van der Waals surface area contributed by atoms with E-state index in [4.69, 9.17) is 0 Å². The second-order valence-corrected chi connectivity index (χ2v) is 10.1. The quantitative estimate of drug-likeness (QED) is 0.319. The molecule has 1 amide bonds. The first-order chi connectivity index (χ1) is 18.6. The van der Waals surface area contributed by atoms with Crippen LogP contribution in [0.25, 0.3) is 0 Å². The molecule has 0 spiro atoms. The minimum Gasteiger partial charge on any atom is -0.365 e. The van der Waals surface area contributed by atoms with Crippen molar-refractivity contribution in [2.75, 3.05) is 48.4 Å². The lowest BCUT2D eigenvalue weighted by atomic mass is 10.0. The van der Waals surface area contributed by atoms with Crippen molar-refractivity contribution in [2.24, 2.45) is 0 Å². The fraction of sp³-hybridized carbons (Fsp3) is 0.385. The summed E-state index contributed by atoms with van der Waals surface area (Å²) < 4.78 is 42.9. The van der Waals surface area contributed by atoms with Crippen LogP contribution in [-0.4, -0.2) is 65.2 Å². The van der Waals surface area contributed by atoms with Gasteiger partial charge in [-0.1, -0.05) is 18.0 Å². The molecule has 0 aliphatic carbocycles. The average molecular weight is 561 g/mol. The molecule has 1 aromatic carbocycles. The minimum absolute atomic E-state index is 0.0123. The number of nitrogens with one attached hydrogen (secondary N) is 3. The number of aromatic nitrogens is 3. The molecular weight excluding hydrogens is 529 g/mol. The molecule has 3 aromatic rings. The van der Waals surface area contributed by atoms with Gasteiger partial charge in [0.2, 0.25) is 5.95 Å². The molecule has 9 nitrogen and oxygen atoms in total. The fourth-order valence-corrected chi connectivity index (χ4v) is 4.49. The van der Waals surface area contributed by atoms with Gasteiger partial charge in [0, 0.05) is 55.1 Å². The van der Waals surface area contributed by atoms with Crippen LogP contribution in [0.5, 0.6) is 0 Å². The number of benzene rings is 1. The Labute approximate surface area is 229 Å². The normalized spacial score (nSPS) is 14.6. The minimum atomic E-state index is -4.64. The number of nitrogens with zero attached hydrogens (tertiary/aromatic N) is 5. The van der Waals surface area contributed by atoms with Gasteiger partial charge in [0.1, 0.15) is 17.2 Å². The number of hydrogen-bond acceptors (Lipinski definition) is 9. The molecule has 0 radical (unpaired) electrons. The Morgan fingerprint density at radius 1 is 1.15 bits per heavy atom. The number of halogens is 3. The van der Waals surface area contributed by atoms with E-state index in [1.807, 2.05) is 17.6 Å². The molecule has 3 N–H and O–H groups in total. The Balaban J connectivity index is 1.46. The molecule has 2 aromatic heterocycles. The van der Waals surface area contributed by atoms with Crippen molar-refractivity contribution < 1.29 is 18.0 Å². The predicted octanol–water partition coefficient (Wildman–Crippen LogP) is 4.78. The Morgan fingerprint density at radius 3 is 2.54 bits per heavy atom. The number of rotatable bonds is 9. The average Bonchev–Trinajstić information content (AvgIpc) is 2.92. The molecule has 1 saturated heterocycles. The van der Waals surface area contributed by atoms with Gasteiger partial charge in [0.05, 0.1) is 0 Å². The highest BCUT2D eigenvalue weighted by Gasteiger charge is 2.35. The highest BCUT2D eigenvalue weighted by atomic mass is 32.2. The van der Waals surface area contributed by atoms with Crippen LogP contribution in [0.1, 0.15) is 34.3 Å². The van der Waals surface area contributed by atoms with E-state index in [0.29, 0.717) is 22.6 Å². The smallest absolute Gasteiger partial charge is 0.365 e. The van der Waals surface area contributed by atoms with Gasteiger partial charge < -0.3 is 25.2 Å². The van der Waals surface area contributed by atoms with Gasteiger partial charge in [-0.25, -0.2) is 9.97 Å². The topological polar surface area (TPSA) is 98.3 Å². The van der Waals surface area contributed by atoms with Gasteiger partial charge in [0.15, 0.2) is 0 Å². The number of alkyl halides is 3. The van der Waals surface area contributed by atoms with Crippen molar-refractivity contribution in [3.8, 4) is 0 Å². The first-order valence-electron chi connectivity index (χ1n) is 12.4. The van der Waals surface area contributed by atoms with Gasteiger partial charge >= 0.3 is 6.18 Å². The molecule has 39 heavy (non-hydrogen) atoms. The summed E-state index contributed by atoms with van der Waals surface area (Å²) >= 11 is 1.44. The van der Waals surface area contributed by atoms with Crippen molar-refractivity contribution >= 4 is 41.1 Å². The summed E-state index contributed by atoms with van der Waals surface area (Å²) in [6.45, 7) is 1.96. The van der Waals surface area contributed by atoms with Crippen LogP contribution in [0.3, 0.4) is 0 Å². The molecule has 1 aliphatic heterocycles. The lowest BCUT2D eigenvalue weighted by molar-refractivity contribution is -0.137. The molecule has 1 fully saturated rings. The zero-order valence-corrected chi connectivity index (χ0v) is 22.7. The molecule has 13 heteroatoms. The van der Waals surface area contributed by atoms with Gasteiger partial charge in [-0.3, -0.25) is 4.79 Å². The number of carbonyl (C=O) groups excluding carboxylic acids is 1. The van der Waals surface area contributed by atoms with Crippen molar-refractivity contribution in [2.45, 2.75) is 31.6 Å². The number of pyridine rings is 1. The maximum atomic E-state index is 13.7. The molecule has 4 rings (SSSR count). The number of amides is 1. The zero-order valence-electron chi connectivity index (χ0n) is 21.9. The summed E-state index contributed by atoms with van der Waals surface area (Å²) in [6, 6.07) is 10.3. The van der Waals surface area contributed by atoms with E-state index in [1.54, 1.807) is 42.6 Å².